The van der Waals surface area contributed by atoms with Crippen molar-refractivity contribution in [1.29, 1.82) is 0 Å². The van der Waals surface area contributed by atoms with Gasteiger partial charge in [-0.2, -0.15) is 4.98 Å². The average Bonchev–Trinajstić information content (AvgIpc) is 2.94. The van der Waals surface area contributed by atoms with Gasteiger partial charge in [-0.25, -0.2) is 0 Å². The lowest BCUT2D eigenvalue weighted by atomic mass is 9.91. The molecule has 5 heteroatoms. The van der Waals surface area contributed by atoms with E-state index in [9.17, 15) is 5.11 Å². The van der Waals surface area contributed by atoms with Crippen molar-refractivity contribution in [2.75, 3.05) is 0 Å². The monoisotopic (exact) mass is 238 g/mol. The summed E-state index contributed by atoms with van der Waals surface area (Å²) in [7, 11) is 0. The van der Waals surface area contributed by atoms with Crippen molar-refractivity contribution >= 4 is 0 Å². The summed E-state index contributed by atoms with van der Waals surface area (Å²) in [5.74, 6) is 1.81. The molecular weight excluding hydrogens is 220 g/mol. The first-order chi connectivity index (χ1) is 8.07. The summed E-state index contributed by atoms with van der Waals surface area (Å²) in [6.07, 6.45) is 3.21. The highest BCUT2D eigenvalue weighted by atomic mass is 16.5. The summed E-state index contributed by atoms with van der Waals surface area (Å²) in [4.78, 5) is 4.35. The smallest absolute Gasteiger partial charge is 0.229 e. The third kappa shape index (κ3) is 2.09. The van der Waals surface area contributed by atoms with Crippen molar-refractivity contribution in [3.8, 4) is 0 Å². The van der Waals surface area contributed by atoms with Gasteiger partial charge in [0, 0.05) is 12.3 Å². The lowest BCUT2D eigenvalue weighted by Gasteiger charge is -2.23. The molecule has 0 aromatic carbocycles. The van der Waals surface area contributed by atoms with Crippen LogP contribution in [0.25, 0.3) is 0 Å². The Bertz CT molecular complexity index is 416. The Morgan fingerprint density at radius 3 is 2.76 bits per heavy atom. The standard InChI is InChI=1S/C12H18N2O3/c1-7-5-12(15,8(2)16-7)6-10-13-11(14-17-10)9-3-4-9/h7-9,15H,3-6H2,1-2H3/t7-,8+,12+/m1/s1. The Morgan fingerprint density at radius 2 is 2.18 bits per heavy atom. The van der Waals surface area contributed by atoms with Crippen molar-refractivity contribution in [3.63, 3.8) is 0 Å². The van der Waals surface area contributed by atoms with Gasteiger partial charge in [0.05, 0.1) is 18.6 Å². The predicted molar refractivity (Wildman–Crippen MR) is 59.6 cm³/mol. The van der Waals surface area contributed by atoms with Crippen LogP contribution in [0.4, 0.5) is 0 Å². The van der Waals surface area contributed by atoms with E-state index in [2.05, 4.69) is 10.1 Å². The van der Waals surface area contributed by atoms with E-state index < -0.39 is 5.60 Å². The topological polar surface area (TPSA) is 68.4 Å². The van der Waals surface area contributed by atoms with Gasteiger partial charge in [-0.1, -0.05) is 5.16 Å². The van der Waals surface area contributed by atoms with Gasteiger partial charge < -0.3 is 14.4 Å². The third-order valence-electron chi connectivity index (χ3n) is 3.72. The molecule has 17 heavy (non-hydrogen) atoms. The number of aliphatic hydroxyl groups is 1. The second-order valence-electron chi connectivity index (χ2n) is 5.39. The molecule has 2 fully saturated rings. The van der Waals surface area contributed by atoms with E-state index in [-0.39, 0.29) is 12.2 Å². The molecule has 3 atom stereocenters. The van der Waals surface area contributed by atoms with Gasteiger partial charge >= 0.3 is 0 Å². The molecule has 1 aliphatic heterocycles. The molecule has 0 spiro atoms. The summed E-state index contributed by atoms with van der Waals surface area (Å²) >= 11 is 0. The van der Waals surface area contributed by atoms with Crippen molar-refractivity contribution in [1.82, 2.24) is 10.1 Å². The molecule has 1 aromatic heterocycles. The van der Waals surface area contributed by atoms with E-state index in [0.29, 0.717) is 24.7 Å². The quantitative estimate of drug-likeness (QED) is 0.862. The zero-order chi connectivity index (χ0) is 12.0. The van der Waals surface area contributed by atoms with Crippen LogP contribution >= 0.6 is 0 Å². The summed E-state index contributed by atoms with van der Waals surface area (Å²) in [6, 6.07) is 0. The number of hydrogen-bond acceptors (Lipinski definition) is 5. The highest BCUT2D eigenvalue weighted by Crippen LogP contribution is 2.39. The summed E-state index contributed by atoms with van der Waals surface area (Å²) in [5, 5.41) is 14.5. The number of hydrogen-bond donors (Lipinski definition) is 1. The number of nitrogens with zero attached hydrogens (tertiary/aromatic N) is 2. The Balaban J connectivity index is 1.72. The van der Waals surface area contributed by atoms with Gasteiger partial charge in [-0.05, 0) is 26.7 Å². The van der Waals surface area contributed by atoms with Crippen molar-refractivity contribution in [2.24, 2.45) is 0 Å². The maximum atomic E-state index is 10.5. The fourth-order valence-corrected chi connectivity index (χ4v) is 2.51. The molecule has 1 aromatic rings. The third-order valence-corrected chi connectivity index (χ3v) is 3.72. The predicted octanol–water partition coefficient (Wildman–Crippen LogP) is 1.42. The lowest BCUT2D eigenvalue weighted by Crippen LogP contribution is -2.38. The molecule has 1 aliphatic carbocycles. The van der Waals surface area contributed by atoms with Crippen LogP contribution in [-0.2, 0) is 11.2 Å². The fraction of sp³-hybridized carbons (Fsp3) is 0.833. The number of ether oxygens (including phenoxy) is 1. The molecule has 5 nitrogen and oxygen atoms in total. The van der Waals surface area contributed by atoms with E-state index in [1.54, 1.807) is 0 Å². The van der Waals surface area contributed by atoms with Gasteiger partial charge in [-0.15, -0.1) is 0 Å². The Kier molecular flexibility index (Phi) is 2.48. The van der Waals surface area contributed by atoms with Crippen LogP contribution in [0, 0.1) is 0 Å². The second kappa shape index (κ2) is 3.78. The van der Waals surface area contributed by atoms with Crippen LogP contribution in [0.15, 0.2) is 4.52 Å². The van der Waals surface area contributed by atoms with Crippen molar-refractivity contribution in [2.45, 2.75) is 63.3 Å². The van der Waals surface area contributed by atoms with Gasteiger partial charge in [0.2, 0.25) is 5.89 Å². The summed E-state index contributed by atoms with van der Waals surface area (Å²) < 4.78 is 10.8. The maximum Gasteiger partial charge on any atom is 0.229 e. The van der Waals surface area contributed by atoms with E-state index in [1.807, 2.05) is 13.8 Å². The van der Waals surface area contributed by atoms with Crippen LogP contribution in [0.2, 0.25) is 0 Å². The molecule has 94 valence electrons. The van der Waals surface area contributed by atoms with Crippen LogP contribution in [0.1, 0.15) is 50.7 Å². The second-order valence-corrected chi connectivity index (χ2v) is 5.39. The zero-order valence-corrected chi connectivity index (χ0v) is 10.2. The number of aromatic nitrogens is 2. The van der Waals surface area contributed by atoms with Gasteiger partial charge in [-0.3, -0.25) is 0 Å². The molecule has 1 saturated heterocycles. The first-order valence-corrected chi connectivity index (χ1v) is 6.27. The van der Waals surface area contributed by atoms with Crippen LogP contribution in [0.3, 0.4) is 0 Å². The van der Waals surface area contributed by atoms with Crippen LogP contribution < -0.4 is 0 Å². The Hall–Kier alpha value is -0.940. The van der Waals surface area contributed by atoms with Crippen LogP contribution in [-0.4, -0.2) is 33.1 Å². The Morgan fingerprint density at radius 1 is 1.41 bits per heavy atom. The first kappa shape index (κ1) is 11.2. The van der Waals surface area contributed by atoms with Gasteiger partial charge in [0.1, 0.15) is 5.60 Å². The summed E-state index contributed by atoms with van der Waals surface area (Å²) in [5.41, 5.74) is -0.868. The van der Waals surface area contributed by atoms with E-state index >= 15 is 0 Å². The molecule has 2 aliphatic rings. The minimum Gasteiger partial charge on any atom is -0.387 e. The molecule has 0 unspecified atom stereocenters. The highest BCUT2D eigenvalue weighted by Gasteiger charge is 2.44. The molecule has 1 saturated carbocycles. The molecule has 0 radical (unpaired) electrons. The first-order valence-electron chi connectivity index (χ1n) is 6.27. The maximum absolute atomic E-state index is 10.5. The largest absolute Gasteiger partial charge is 0.387 e. The minimum absolute atomic E-state index is 0.0841. The van der Waals surface area contributed by atoms with Crippen molar-refractivity contribution < 1.29 is 14.4 Å². The summed E-state index contributed by atoms with van der Waals surface area (Å²) in [6.45, 7) is 3.86. The zero-order valence-electron chi connectivity index (χ0n) is 10.2. The molecule has 2 heterocycles. The SMILES string of the molecule is C[C@@H]1C[C@](O)(Cc2nc(C3CC3)no2)[C@H](C)O1. The highest BCUT2D eigenvalue weighted by molar-refractivity contribution is 5.06. The fourth-order valence-electron chi connectivity index (χ4n) is 2.51. The lowest BCUT2D eigenvalue weighted by molar-refractivity contribution is -0.0385. The molecule has 0 amide bonds. The van der Waals surface area contributed by atoms with E-state index in [0.717, 1.165) is 18.7 Å². The normalized spacial score (nSPS) is 37.6. The Labute approximate surface area is 100 Å². The van der Waals surface area contributed by atoms with Crippen LogP contribution in [0.5, 0.6) is 0 Å². The van der Waals surface area contributed by atoms with Crippen molar-refractivity contribution in [3.05, 3.63) is 11.7 Å². The number of rotatable bonds is 3. The van der Waals surface area contributed by atoms with Gasteiger partial charge in [0.15, 0.2) is 5.82 Å². The molecule has 0 bridgehead atoms. The van der Waals surface area contributed by atoms with E-state index in [1.165, 1.54) is 0 Å². The molecular formula is C12H18N2O3. The average molecular weight is 238 g/mol. The van der Waals surface area contributed by atoms with E-state index in [4.69, 9.17) is 9.26 Å². The molecule has 1 N–H and O–H groups in total. The minimum atomic E-state index is -0.868. The molecule has 3 rings (SSSR count). The van der Waals surface area contributed by atoms with Gasteiger partial charge in [0.25, 0.3) is 0 Å².